The van der Waals surface area contributed by atoms with Crippen molar-refractivity contribution in [2.75, 3.05) is 13.2 Å². The van der Waals surface area contributed by atoms with E-state index in [1.807, 2.05) is 0 Å². The van der Waals surface area contributed by atoms with Gasteiger partial charge >= 0.3 is 5.97 Å². The summed E-state index contributed by atoms with van der Waals surface area (Å²) < 4.78 is 10.3. The molecule has 136 valence electrons. The van der Waals surface area contributed by atoms with E-state index in [-0.39, 0.29) is 17.4 Å². The molecule has 0 atom stereocenters. The molecule has 0 unspecified atom stereocenters. The Morgan fingerprint density at radius 1 is 1.08 bits per heavy atom. The highest BCUT2D eigenvalue weighted by Crippen LogP contribution is 2.24. The van der Waals surface area contributed by atoms with E-state index in [1.165, 1.54) is 18.3 Å². The number of carboxylic acid groups (broad SMARTS) is 1. The molecule has 0 fully saturated rings. The van der Waals surface area contributed by atoms with Crippen LogP contribution in [0.1, 0.15) is 5.56 Å². The fourth-order valence-corrected chi connectivity index (χ4v) is 2.11. The molecule has 0 saturated heterocycles. The molecule has 0 saturated carbocycles. The van der Waals surface area contributed by atoms with Gasteiger partial charge in [0.1, 0.15) is 11.5 Å². The molecule has 2 aromatic rings. The zero-order valence-electron chi connectivity index (χ0n) is 13.3. The highest BCUT2D eigenvalue weighted by atomic mass is 35.5. The van der Waals surface area contributed by atoms with Crippen molar-refractivity contribution >= 4 is 41.3 Å². The van der Waals surface area contributed by atoms with Gasteiger partial charge in [-0.05, 0) is 48.0 Å². The summed E-state index contributed by atoms with van der Waals surface area (Å²) in [5, 5.41) is 13.2. The molecule has 0 bridgehead atoms. The maximum Gasteiger partial charge on any atom is 0.341 e. The van der Waals surface area contributed by atoms with E-state index >= 15 is 0 Å². The van der Waals surface area contributed by atoms with Gasteiger partial charge in [0.15, 0.2) is 13.2 Å². The number of hydrazone groups is 1. The molecule has 2 N–H and O–H groups in total. The zero-order valence-corrected chi connectivity index (χ0v) is 14.8. The van der Waals surface area contributed by atoms with Gasteiger partial charge in [-0.2, -0.15) is 5.10 Å². The second-order valence-electron chi connectivity index (χ2n) is 4.91. The Morgan fingerprint density at radius 2 is 1.81 bits per heavy atom. The Kier molecular flexibility index (Phi) is 7.25. The highest BCUT2D eigenvalue weighted by molar-refractivity contribution is 6.32. The van der Waals surface area contributed by atoms with Crippen LogP contribution in [0, 0.1) is 0 Å². The Morgan fingerprint density at radius 3 is 2.46 bits per heavy atom. The van der Waals surface area contributed by atoms with Crippen LogP contribution < -0.4 is 14.9 Å². The molecule has 0 spiro atoms. The monoisotopic (exact) mass is 396 g/mol. The minimum absolute atomic E-state index is 0.207. The molecule has 2 rings (SSSR count). The summed E-state index contributed by atoms with van der Waals surface area (Å²) in [4.78, 5) is 22.1. The summed E-state index contributed by atoms with van der Waals surface area (Å²) in [5.74, 6) is -0.789. The van der Waals surface area contributed by atoms with Crippen LogP contribution in [0.25, 0.3) is 0 Å². The second kappa shape index (κ2) is 9.65. The van der Waals surface area contributed by atoms with Crippen molar-refractivity contribution in [2.45, 2.75) is 0 Å². The van der Waals surface area contributed by atoms with Gasteiger partial charge in [-0.15, -0.1) is 0 Å². The summed E-state index contributed by atoms with van der Waals surface area (Å²) in [6.07, 6.45) is 1.38. The fourth-order valence-electron chi connectivity index (χ4n) is 1.74. The zero-order chi connectivity index (χ0) is 18.9. The number of benzene rings is 2. The molecule has 2 aromatic carbocycles. The molecule has 0 aromatic heterocycles. The van der Waals surface area contributed by atoms with Crippen molar-refractivity contribution in [3.63, 3.8) is 0 Å². The Balaban J connectivity index is 1.81. The lowest BCUT2D eigenvalue weighted by atomic mass is 10.2. The van der Waals surface area contributed by atoms with Crippen molar-refractivity contribution in [3.05, 3.63) is 58.1 Å². The van der Waals surface area contributed by atoms with Crippen molar-refractivity contribution in [2.24, 2.45) is 5.10 Å². The predicted octanol–water partition coefficient (Wildman–Crippen LogP) is 2.99. The number of aliphatic carboxylic acids is 1. The van der Waals surface area contributed by atoms with Crippen LogP contribution in [-0.2, 0) is 9.59 Å². The fraction of sp³-hybridized carbons (Fsp3) is 0.118. The Labute approximate surface area is 159 Å². The van der Waals surface area contributed by atoms with Crippen LogP contribution >= 0.6 is 23.2 Å². The molecule has 0 heterocycles. The molecular weight excluding hydrogens is 383 g/mol. The van der Waals surface area contributed by atoms with Crippen molar-refractivity contribution in [1.82, 2.24) is 5.43 Å². The van der Waals surface area contributed by atoms with Crippen LogP contribution in [0.3, 0.4) is 0 Å². The number of amides is 1. The predicted molar refractivity (Wildman–Crippen MR) is 97.3 cm³/mol. The smallest absolute Gasteiger partial charge is 0.341 e. The van der Waals surface area contributed by atoms with Crippen LogP contribution in [0.15, 0.2) is 47.6 Å². The van der Waals surface area contributed by atoms with Gasteiger partial charge in [-0.3, -0.25) is 4.79 Å². The molecule has 9 heteroatoms. The van der Waals surface area contributed by atoms with Crippen molar-refractivity contribution < 1.29 is 24.2 Å². The summed E-state index contributed by atoms with van der Waals surface area (Å²) in [6, 6.07) is 11.3. The van der Waals surface area contributed by atoms with E-state index in [0.29, 0.717) is 16.3 Å². The lowest BCUT2D eigenvalue weighted by Gasteiger charge is -2.06. The van der Waals surface area contributed by atoms with Gasteiger partial charge in [0, 0.05) is 5.02 Å². The Hall–Kier alpha value is -2.77. The van der Waals surface area contributed by atoms with E-state index < -0.39 is 18.5 Å². The minimum Gasteiger partial charge on any atom is -0.484 e. The molecule has 0 aliphatic carbocycles. The third-order valence-corrected chi connectivity index (χ3v) is 3.44. The first-order chi connectivity index (χ1) is 12.4. The van der Waals surface area contributed by atoms with Crippen LogP contribution in [-0.4, -0.2) is 36.4 Å². The van der Waals surface area contributed by atoms with Gasteiger partial charge in [-0.1, -0.05) is 23.2 Å². The van der Waals surface area contributed by atoms with Gasteiger partial charge in [0.05, 0.1) is 11.2 Å². The lowest BCUT2D eigenvalue weighted by Crippen LogP contribution is -2.24. The number of carbonyl (C=O) groups excluding carboxylic acids is 1. The first-order valence-corrected chi connectivity index (χ1v) is 8.04. The molecule has 0 radical (unpaired) electrons. The second-order valence-corrected chi connectivity index (χ2v) is 5.75. The highest BCUT2D eigenvalue weighted by Gasteiger charge is 2.05. The number of ether oxygens (including phenoxy) is 2. The standard InChI is InChI=1S/C17H14Cl2N2O5/c18-12-2-4-13(5-3-12)25-9-16(22)21-20-8-11-1-6-15(14(19)7-11)26-10-17(23)24/h1-8H,9-10H2,(H,21,22)(H,23,24)/b20-8+. The van der Waals surface area contributed by atoms with Crippen molar-refractivity contribution in [3.8, 4) is 11.5 Å². The SMILES string of the molecule is O=C(O)COc1ccc(/C=N/NC(=O)COc2ccc(Cl)cc2)cc1Cl. The first-order valence-electron chi connectivity index (χ1n) is 7.28. The van der Waals surface area contributed by atoms with Crippen molar-refractivity contribution in [1.29, 1.82) is 0 Å². The number of nitrogens with one attached hydrogen (secondary N) is 1. The van der Waals surface area contributed by atoms with Gasteiger partial charge in [0.2, 0.25) is 0 Å². The number of hydrogen-bond donors (Lipinski definition) is 2. The lowest BCUT2D eigenvalue weighted by molar-refractivity contribution is -0.139. The van der Waals surface area contributed by atoms with E-state index in [9.17, 15) is 9.59 Å². The number of hydrogen-bond acceptors (Lipinski definition) is 5. The van der Waals surface area contributed by atoms with Crippen LogP contribution in [0.2, 0.25) is 10.0 Å². The van der Waals surface area contributed by atoms with E-state index in [0.717, 1.165) is 0 Å². The quantitative estimate of drug-likeness (QED) is 0.527. The number of carboxylic acids is 1. The van der Waals surface area contributed by atoms with Crippen LogP contribution in [0.4, 0.5) is 0 Å². The third-order valence-electron chi connectivity index (χ3n) is 2.89. The number of rotatable bonds is 8. The maximum atomic E-state index is 11.7. The summed E-state index contributed by atoms with van der Waals surface area (Å²) in [6.45, 7) is -0.696. The normalized spacial score (nSPS) is 10.5. The Bertz CT molecular complexity index is 809. The number of halogens is 2. The summed E-state index contributed by atoms with van der Waals surface area (Å²) >= 11 is 11.7. The molecule has 1 amide bonds. The number of nitrogens with zero attached hydrogens (tertiary/aromatic N) is 1. The van der Waals surface area contributed by atoms with Gasteiger partial charge < -0.3 is 14.6 Å². The summed E-state index contributed by atoms with van der Waals surface area (Å²) in [5.41, 5.74) is 2.91. The summed E-state index contributed by atoms with van der Waals surface area (Å²) in [7, 11) is 0. The van der Waals surface area contributed by atoms with Crippen LogP contribution in [0.5, 0.6) is 11.5 Å². The molecule has 7 nitrogen and oxygen atoms in total. The average molecular weight is 397 g/mol. The molecule has 0 aliphatic rings. The number of carbonyl (C=O) groups is 2. The maximum absolute atomic E-state index is 11.7. The topological polar surface area (TPSA) is 97.2 Å². The molecule has 26 heavy (non-hydrogen) atoms. The van der Waals surface area contributed by atoms with E-state index in [4.69, 9.17) is 37.8 Å². The average Bonchev–Trinajstić information content (AvgIpc) is 2.60. The van der Waals surface area contributed by atoms with Gasteiger partial charge in [0.25, 0.3) is 5.91 Å². The third kappa shape index (κ3) is 6.62. The molecule has 0 aliphatic heterocycles. The minimum atomic E-state index is -1.10. The largest absolute Gasteiger partial charge is 0.484 e. The van der Waals surface area contributed by atoms with E-state index in [2.05, 4.69) is 10.5 Å². The first kappa shape index (κ1) is 19.6. The van der Waals surface area contributed by atoms with Gasteiger partial charge in [-0.25, -0.2) is 10.2 Å². The van der Waals surface area contributed by atoms with E-state index in [1.54, 1.807) is 30.3 Å². The molecular formula is C17H14Cl2N2O5.